The molecule has 0 spiro atoms. The zero-order chi connectivity index (χ0) is 28.1. The van der Waals surface area contributed by atoms with Crippen LogP contribution in [0, 0.1) is 0 Å². The Balaban J connectivity index is 1.38. The van der Waals surface area contributed by atoms with Crippen molar-refractivity contribution in [3.63, 3.8) is 0 Å². The van der Waals surface area contributed by atoms with Crippen molar-refractivity contribution in [2.45, 2.75) is 37.8 Å². The minimum absolute atomic E-state index is 0.0932. The summed E-state index contributed by atoms with van der Waals surface area (Å²) in [5.41, 5.74) is 7.25. The Morgan fingerprint density at radius 3 is 1.98 bits per heavy atom. The number of nitrogens with zero attached hydrogens (tertiary/aromatic N) is 2. The van der Waals surface area contributed by atoms with E-state index in [4.69, 9.17) is 14.2 Å². The number of benzene rings is 4. The van der Waals surface area contributed by atoms with Crippen LogP contribution in [0.3, 0.4) is 0 Å². The molecule has 0 aromatic heterocycles. The minimum atomic E-state index is 0.0932. The molecule has 41 heavy (non-hydrogen) atoms. The van der Waals surface area contributed by atoms with E-state index in [0.29, 0.717) is 17.9 Å². The highest BCUT2D eigenvalue weighted by Crippen LogP contribution is 2.41. The fourth-order valence-corrected chi connectivity index (χ4v) is 6.67. The molecule has 6 heteroatoms. The normalized spacial score (nSPS) is 20.3. The number of aromatic hydroxyl groups is 1. The topological polar surface area (TPSA) is 54.4 Å². The van der Waals surface area contributed by atoms with Crippen LogP contribution in [0.25, 0.3) is 0 Å². The quantitative estimate of drug-likeness (QED) is 0.281. The van der Waals surface area contributed by atoms with Gasteiger partial charge in [0.2, 0.25) is 0 Å². The van der Waals surface area contributed by atoms with E-state index in [1.54, 1.807) is 13.2 Å². The number of rotatable bonds is 1. The predicted octanol–water partition coefficient (Wildman–Crippen LogP) is 6.84. The van der Waals surface area contributed by atoms with Crippen molar-refractivity contribution in [3.05, 3.63) is 106 Å². The third-order valence-electron chi connectivity index (χ3n) is 9.07. The second kappa shape index (κ2) is 10.4. The summed E-state index contributed by atoms with van der Waals surface area (Å²) in [6.45, 7) is 1.96. The van der Waals surface area contributed by atoms with E-state index in [1.165, 1.54) is 27.8 Å². The molecule has 0 radical (unpaired) electrons. The molecule has 4 aromatic carbocycles. The number of hydrogen-bond acceptors (Lipinski definition) is 6. The Morgan fingerprint density at radius 2 is 1.29 bits per heavy atom. The van der Waals surface area contributed by atoms with Crippen LogP contribution >= 0.6 is 0 Å². The van der Waals surface area contributed by atoms with Gasteiger partial charge in [-0.1, -0.05) is 18.2 Å². The number of hydrogen-bond donors (Lipinski definition) is 1. The lowest BCUT2D eigenvalue weighted by Crippen LogP contribution is -2.33. The molecule has 7 rings (SSSR count). The number of fused-ring (bicyclic) bond motifs is 6. The largest absolute Gasteiger partial charge is 0.508 e. The van der Waals surface area contributed by atoms with Crippen molar-refractivity contribution < 1.29 is 19.3 Å². The highest BCUT2D eigenvalue weighted by atomic mass is 16.5. The lowest BCUT2D eigenvalue weighted by Gasteiger charge is -2.35. The summed E-state index contributed by atoms with van der Waals surface area (Å²) < 4.78 is 18.7. The fourth-order valence-electron chi connectivity index (χ4n) is 6.67. The number of likely N-dealkylation sites (N-methyl/N-ethyl adjacent to an activating group) is 2. The zero-order valence-electron chi connectivity index (χ0n) is 23.9. The fraction of sp³-hybridized carbons (Fsp3) is 0.314. The number of ether oxygens (including phenoxy) is 3. The van der Waals surface area contributed by atoms with Crippen LogP contribution in [0.2, 0.25) is 0 Å². The molecule has 3 aliphatic rings. The molecule has 3 heterocycles. The summed E-state index contributed by atoms with van der Waals surface area (Å²) in [4.78, 5) is 4.78. The van der Waals surface area contributed by atoms with Gasteiger partial charge in [-0.25, -0.2) is 0 Å². The van der Waals surface area contributed by atoms with E-state index in [1.807, 2.05) is 18.2 Å². The molecule has 3 aliphatic heterocycles. The molecule has 2 unspecified atom stereocenters. The maximum absolute atomic E-state index is 10.9. The molecular weight excluding hydrogens is 512 g/mol. The predicted molar refractivity (Wildman–Crippen MR) is 160 cm³/mol. The van der Waals surface area contributed by atoms with Gasteiger partial charge in [0.1, 0.15) is 23.0 Å². The Hall–Kier alpha value is -4.00. The van der Waals surface area contributed by atoms with Gasteiger partial charge in [0.05, 0.1) is 7.11 Å². The molecule has 0 fully saturated rings. The Labute approximate surface area is 241 Å². The second-order valence-corrected chi connectivity index (χ2v) is 11.6. The van der Waals surface area contributed by atoms with Crippen LogP contribution < -0.4 is 14.2 Å². The second-order valence-electron chi connectivity index (χ2n) is 11.6. The molecule has 4 aromatic rings. The minimum Gasteiger partial charge on any atom is -0.508 e. The van der Waals surface area contributed by atoms with E-state index < -0.39 is 0 Å². The molecule has 0 saturated heterocycles. The van der Waals surface area contributed by atoms with Crippen LogP contribution in [0.4, 0.5) is 0 Å². The maximum Gasteiger partial charge on any atom is 0.169 e. The first-order valence-corrected chi connectivity index (χ1v) is 14.5. The maximum atomic E-state index is 10.9. The number of phenols is 1. The highest BCUT2D eigenvalue weighted by Gasteiger charge is 2.28. The van der Waals surface area contributed by atoms with Gasteiger partial charge in [0.25, 0.3) is 0 Å². The van der Waals surface area contributed by atoms with Crippen molar-refractivity contribution in [2.24, 2.45) is 0 Å². The molecule has 1 N–H and O–H groups in total. The van der Waals surface area contributed by atoms with Gasteiger partial charge in [-0.15, -0.1) is 0 Å². The van der Waals surface area contributed by atoms with Crippen molar-refractivity contribution in [1.29, 1.82) is 0 Å². The zero-order valence-corrected chi connectivity index (χ0v) is 23.9. The summed E-state index contributed by atoms with van der Waals surface area (Å²) >= 11 is 0. The van der Waals surface area contributed by atoms with Crippen molar-refractivity contribution in [1.82, 2.24) is 9.80 Å². The van der Waals surface area contributed by atoms with Gasteiger partial charge in [0.15, 0.2) is 11.5 Å². The smallest absolute Gasteiger partial charge is 0.169 e. The summed E-state index contributed by atoms with van der Waals surface area (Å²) in [5.74, 6) is 4.04. The monoisotopic (exact) mass is 548 g/mol. The van der Waals surface area contributed by atoms with E-state index in [2.05, 4.69) is 72.4 Å². The Kier molecular flexibility index (Phi) is 6.60. The van der Waals surface area contributed by atoms with E-state index in [0.717, 1.165) is 55.2 Å². The first-order chi connectivity index (χ1) is 19.9. The van der Waals surface area contributed by atoms with Gasteiger partial charge in [-0.2, -0.15) is 0 Å². The van der Waals surface area contributed by atoms with Crippen LogP contribution in [-0.2, 0) is 25.7 Å². The SMILES string of the molecule is COc1ccc2cc1Oc1ccc3c(c1)C(Cc1cc(ccc1O)Oc1ccc4c(c1)C(C2)N(C)CC4)N(C)CC3. The average molecular weight is 549 g/mol. The molecule has 0 amide bonds. The summed E-state index contributed by atoms with van der Waals surface area (Å²) in [6.07, 6.45) is 3.49. The van der Waals surface area contributed by atoms with E-state index in [-0.39, 0.29) is 17.8 Å². The standard InChI is InChI=1S/C35H36N2O4/c1-36-14-12-23-5-7-27-20-29(23)31(36)16-22-4-11-34(39-3)35(17-22)41-28-8-6-24-13-15-37(2)32(30(24)21-28)19-25-18-26(40-27)9-10-33(25)38/h4-11,17-18,20-21,31-32,38H,12-16,19H2,1-3H3. The first kappa shape index (κ1) is 25.9. The summed E-state index contributed by atoms with van der Waals surface area (Å²) in [7, 11) is 6.03. The molecular formula is C35H36N2O4. The molecule has 8 bridgehead atoms. The Bertz CT molecular complexity index is 1620. The summed E-state index contributed by atoms with van der Waals surface area (Å²) in [5, 5.41) is 10.9. The van der Waals surface area contributed by atoms with Crippen LogP contribution in [-0.4, -0.2) is 49.2 Å². The number of methoxy groups -OCH3 is 1. The van der Waals surface area contributed by atoms with Crippen LogP contribution in [0.1, 0.15) is 45.5 Å². The van der Waals surface area contributed by atoms with Crippen molar-refractivity contribution >= 4 is 0 Å². The Morgan fingerprint density at radius 1 is 0.683 bits per heavy atom. The van der Waals surface area contributed by atoms with Gasteiger partial charge in [-0.3, -0.25) is 9.80 Å². The van der Waals surface area contributed by atoms with Crippen LogP contribution in [0.5, 0.6) is 34.5 Å². The third kappa shape index (κ3) is 4.92. The number of phenolic OH excluding ortho intramolecular Hbond substituents is 1. The van der Waals surface area contributed by atoms with Crippen LogP contribution in [0.15, 0.2) is 72.8 Å². The molecule has 0 aliphatic carbocycles. The van der Waals surface area contributed by atoms with Gasteiger partial charge in [0, 0.05) is 25.2 Å². The van der Waals surface area contributed by atoms with Gasteiger partial charge < -0.3 is 19.3 Å². The molecule has 2 atom stereocenters. The van der Waals surface area contributed by atoms with Gasteiger partial charge >= 0.3 is 0 Å². The average Bonchev–Trinajstić information content (AvgIpc) is 2.97. The molecule has 0 saturated carbocycles. The van der Waals surface area contributed by atoms with Crippen molar-refractivity contribution in [3.8, 4) is 34.5 Å². The van der Waals surface area contributed by atoms with E-state index in [9.17, 15) is 5.11 Å². The highest BCUT2D eigenvalue weighted by molar-refractivity contribution is 5.50. The first-order valence-electron chi connectivity index (χ1n) is 14.5. The van der Waals surface area contributed by atoms with Gasteiger partial charge in [-0.05, 0) is 128 Å². The van der Waals surface area contributed by atoms with E-state index >= 15 is 0 Å². The lowest BCUT2D eigenvalue weighted by atomic mass is 9.88. The molecule has 210 valence electrons. The lowest BCUT2D eigenvalue weighted by molar-refractivity contribution is 0.227. The van der Waals surface area contributed by atoms with Crippen molar-refractivity contribution in [2.75, 3.05) is 34.3 Å². The summed E-state index contributed by atoms with van der Waals surface area (Å²) in [6, 6.07) is 25.0. The molecule has 6 nitrogen and oxygen atoms in total. The third-order valence-corrected chi connectivity index (χ3v) is 9.07.